The number of hydrogen-bond acceptors (Lipinski definition) is 3. The molecule has 0 saturated carbocycles. The molecule has 2 rings (SSSR count). The summed E-state index contributed by atoms with van der Waals surface area (Å²) in [5.41, 5.74) is -0.986. The fourth-order valence-corrected chi connectivity index (χ4v) is 1.34. The minimum absolute atomic E-state index is 0.118. The van der Waals surface area contributed by atoms with E-state index in [0.717, 1.165) is 6.07 Å². The van der Waals surface area contributed by atoms with E-state index in [1.165, 1.54) is 12.1 Å². The molecule has 15 heavy (non-hydrogen) atoms. The Morgan fingerprint density at radius 3 is 2.47 bits per heavy atom. The van der Waals surface area contributed by atoms with E-state index in [1.54, 1.807) is 0 Å². The Hall–Kier alpha value is -2.37. The molecule has 0 spiro atoms. The normalized spacial score (nSPS) is 10.4. The third kappa shape index (κ3) is 1.52. The summed E-state index contributed by atoms with van der Waals surface area (Å²) in [7, 11) is 0. The molecule has 0 bridgehead atoms. The molecule has 76 valence electrons. The van der Waals surface area contributed by atoms with Crippen molar-refractivity contribution in [1.29, 1.82) is 0 Å². The van der Waals surface area contributed by atoms with Gasteiger partial charge in [0.15, 0.2) is 0 Å². The van der Waals surface area contributed by atoms with Gasteiger partial charge in [-0.1, -0.05) is 0 Å². The van der Waals surface area contributed by atoms with Crippen molar-refractivity contribution in [3.8, 4) is 0 Å². The Labute approximate surface area is 82.2 Å². The summed E-state index contributed by atoms with van der Waals surface area (Å²) in [6, 6.07) is 3.53. The van der Waals surface area contributed by atoms with Crippen molar-refractivity contribution in [2.45, 2.75) is 0 Å². The van der Waals surface area contributed by atoms with E-state index in [4.69, 9.17) is 5.11 Å². The van der Waals surface area contributed by atoms with Crippen LogP contribution in [0.5, 0.6) is 0 Å². The third-order valence-electron chi connectivity index (χ3n) is 1.96. The average Bonchev–Trinajstić information content (AvgIpc) is 2.15. The van der Waals surface area contributed by atoms with Crippen LogP contribution < -0.4 is 11.1 Å². The predicted octanol–water partition coefficient (Wildman–Crippen LogP) is -0.0854. The maximum atomic E-state index is 11.1. The first-order valence-electron chi connectivity index (χ1n) is 4.07. The summed E-state index contributed by atoms with van der Waals surface area (Å²) in [6.07, 6.45) is 0. The second-order valence-electron chi connectivity index (χ2n) is 2.96. The van der Waals surface area contributed by atoms with Gasteiger partial charge in [0.1, 0.15) is 5.65 Å². The SMILES string of the molecule is O=C(O)c1cc(=O)[nH]c2[nH]c(=O)ccc12. The van der Waals surface area contributed by atoms with Crippen LogP contribution in [0.1, 0.15) is 10.4 Å². The van der Waals surface area contributed by atoms with Crippen LogP contribution in [0.15, 0.2) is 27.8 Å². The summed E-state index contributed by atoms with van der Waals surface area (Å²) in [5, 5.41) is 9.13. The molecule has 0 aliphatic rings. The molecule has 2 aromatic heterocycles. The number of rotatable bonds is 1. The zero-order valence-electron chi connectivity index (χ0n) is 7.40. The van der Waals surface area contributed by atoms with Gasteiger partial charge in [-0.2, -0.15) is 0 Å². The van der Waals surface area contributed by atoms with E-state index >= 15 is 0 Å². The van der Waals surface area contributed by atoms with Crippen LogP contribution in [-0.4, -0.2) is 21.0 Å². The van der Waals surface area contributed by atoms with E-state index in [-0.39, 0.29) is 11.2 Å². The van der Waals surface area contributed by atoms with Crippen molar-refractivity contribution in [3.63, 3.8) is 0 Å². The molecule has 0 fully saturated rings. The highest BCUT2D eigenvalue weighted by molar-refractivity contribution is 6.01. The number of hydrogen-bond donors (Lipinski definition) is 3. The molecule has 0 amide bonds. The Morgan fingerprint density at radius 1 is 1.13 bits per heavy atom. The second-order valence-corrected chi connectivity index (χ2v) is 2.96. The van der Waals surface area contributed by atoms with E-state index in [9.17, 15) is 14.4 Å². The van der Waals surface area contributed by atoms with Crippen LogP contribution in [0.25, 0.3) is 11.0 Å². The van der Waals surface area contributed by atoms with Crippen molar-refractivity contribution in [2.24, 2.45) is 0 Å². The van der Waals surface area contributed by atoms with Crippen LogP contribution >= 0.6 is 0 Å². The lowest BCUT2D eigenvalue weighted by Gasteiger charge is -2.00. The molecule has 2 heterocycles. The molecule has 0 radical (unpaired) electrons. The van der Waals surface area contributed by atoms with Gasteiger partial charge in [0.2, 0.25) is 11.1 Å². The number of aromatic amines is 2. The minimum atomic E-state index is -1.21. The lowest BCUT2D eigenvalue weighted by Crippen LogP contribution is -2.14. The molecule has 0 aliphatic heterocycles. The number of carboxylic acid groups (broad SMARTS) is 1. The Morgan fingerprint density at radius 2 is 1.80 bits per heavy atom. The topological polar surface area (TPSA) is 103 Å². The number of aromatic carboxylic acids is 1. The first kappa shape index (κ1) is 9.20. The highest BCUT2D eigenvalue weighted by atomic mass is 16.4. The highest BCUT2D eigenvalue weighted by Gasteiger charge is 2.10. The number of carbonyl (C=O) groups is 1. The molecular formula is C9H6N2O4. The average molecular weight is 206 g/mol. The van der Waals surface area contributed by atoms with E-state index in [2.05, 4.69) is 9.97 Å². The van der Waals surface area contributed by atoms with Gasteiger partial charge in [-0.3, -0.25) is 9.59 Å². The fourth-order valence-electron chi connectivity index (χ4n) is 1.34. The smallest absolute Gasteiger partial charge is 0.336 e. The van der Waals surface area contributed by atoms with Gasteiger partial charge in [0.25, 0.3) is 0 Å². The maximum Gasteiger partial charge on any atom is 0.336 e. The van der Waals surface area contributed by atoms with Gasteiger partial charge in [-0.25, -0.2) is 4.79 Å². The molecule has 6 nitrogen and oxygen atoms in total. The number of aromatic nitrogens is 2. The molecule has 3 N–H and O–H groups in total. The molecule has 6 heteroatoms. The Kier molecular flexibility index (Phi) is 1.89. The van der Waals surface area contributed by atoms with Crippen LogP contribution in [0.4, 0.5) is 0 Å². The van der Waals surface area contributed by atoms with Crippen molar-refractivity contribution < 1.29 is 9.90 Å². The van der Waals surface area contributed by atoms with Gasteiger partial charge >= 0.3 is 5.97 Å². The van der Waals surface area contributed by atoms with Crippen LogP contribution in [0.2, 0.25) is 0 Å². The van der Waals surface area contributed by atoms with Gasteiger partial charge < -0.3 is 15.1 Å². The van der Waals surface area contributed by atoms with Crippen LogP contribution in [0.3, 0.4) is 0 Å². The zero-order chi connectivity index (χ0) is 11.0. The van der Waals surface area contributed by atoms with E-state index < -0.39 is 17.1 Å². The monoisotopic (exact) mass is 206 g/mol. The lowest BCUT2D eigenvalue weighted by molar-refractivity contribution is 0.0699. The summed E-state index contributed by atoms with van der Waals surface area (Å²) < 4.78 is 0. The van der Waals surface area contributed by atoms with Crippen molar-refractivity contribution >= 4 is 17.0 Å². The van der Waals surface area contributed by atoms with Crippen LogP contribution in [-0.2, 0) is 0 Å². The summed E-state index contributed by atoms with van der Waals surface area (Å²) in [6.45, 7) is 0. The van der Waals surface area contributed by atoms with E-state index in [1.807, 2.05) is 0 Å². The summed E-state index contributed by atoms with van der Waals surface area (Å²) in [4.78, 5) is 37.5. The van der Waals surface area contributed by atoms with E-state index in [0.29, 0.717) is 5.39 Å². The molecular weight excluding hydrogens is 200 g/mol. The number of H-pyrrole nitrogens is 2. The molecule has 2 aromatic rings. The highest BCUT2D eigenvalue weighted by Crippen LogP contribution is 2.10. The molecule has 0 atom stereocenters. The molecule has 0 saturated heterocycles. The number of nitrogens with one attached hydrogen (secondary N) is 2. The third-order valence-corrected chi connectivity index (χ3v) is 1.96. The van der Waals surface area contributed by atoms with Crippen molar-refractivity contribution in [1.82, 2.24) is 9.97 Å². The second kappa shape index (κ2) is 3.09. The minimum Gasteiger partial charge on any atom is -0.478 e. The number of carboxylic acids is 1. The zero-order valence-corrected chi connectivity index (χ0v) is 7.40. The first-order chi connectivity index (χ1) is 7.08. The lowest BCUT2D eigenvalue weighted by atomic mass is 10.1. The number of pyridine rings is 2. The molecule has 0 aromatic carbocycles. The van der Waals surface area contributed by atoms with Gasteiger partial charge in [0, 0.05) is 17.5 Å². The largest absolute Gasteiger partial charge is 0.478 e. The van der Waals surface area contributed by atoms with Crippen LogP contribution in [0, 0.1) is 0 Å². The first-order valence-corrected chi connectivity index (χ1v) is 4.07. The fraction of sp³-hybridized carbons (Fsp3) is 0. The molecule has 0 aliphatic carbocycles. The quantitative estimate of drug-likeness (QED) is 0.606. The van der Waals surface area contributed by atoms with Crippen molar-refractivity contribution in [3.05, 3.63) is 44.5 Å². The Bertz CT molecular complexity index is 648. The van der Waals surface area contributed by atoms with Gasteiger partial charge in [-0.15, -0.1) is 0 Å². The number of fused-ring (bicyclic) bond motifs is 1. The van der Waals surface area contributed by atoms with Gasteiger partial charge in [0.05, 0.1) is 5.56 Å². The van der Waals surface area contributed by atoms with Gasteiger partial charge in [-0.05, 0) is 6.07 Å². The Balaban J connectivity index is 2.99. The predicted molar refractivity (Wildman–Crippen MR) is 52.1 cm³/mol. The van der Waals surface area contributed by atoms with Crippen molar-refractivity contribution in [2.75, 3.05) is 0 Å². The maximum absolute atomic E-state index is 11.1. The standard InChI is InChI=1S/C9H6N2O4/c12-6-2-1-4-5(9(14)15)3-7(13)11-8(4)10-6/h1-3H,(H,14,15)(H2,10,11,12,13). The summed E-state index contributed by atoms with van der Waals surface area (Å²) >= 11 is 0. The summed E-state index contributed by atoms with van der Waals surface area (Å²) in [5.74, 6) is -1.21. The molecule has 0 unspecified atom stereocenters.